The largest absolute Gasteiger partial charge is 0.417 e. The summed E-state index contributed by atoms with van der Waals surface area (Å²) in [5.41, 5.74) is 4.42. The van der Waals surface area contributed by atoms with Crippen LogP contribution in [0.1, 0.15) is 16.1 Å². The van der Waals surface area contributed by atoms with Crippen molar-refractivity contribution in [3.05, 3.63) is 40.5 Å². The minimum Gasteiger partial charge on any atom is -0.364 e. The van der Waals surface area contributed by atoms with Gasteiger partial charge < -0.3 is 5.73 Å². The molecule has 0 atom stereocenters. The molecule has 2 aromatic rings. The van der Waals surface area contributed by atoms with Crippen LogP contribution in [0.2, 0.25) is 5.02 Å². The minimum absolute atomic E-state index is 0.0125. The molecule has 0 fully saturated rings. The van der Waals surface area contributed by atoms with Gasteiger partial charge in [-0.15, -0.1) is 0 Å². The van der Waals surface area contributed by atoms with Crippen molar-refractivity contribution < 1.29 is 18.0 Å². The first-order valence-electron chi connectivity index (χ1n) is 5.01. The molecule has 4 nitrogen and oxygen atoms in total. The molecule has 8 heteroatoms. The van der Waals surface area contributed by atoms with Crippen LogP contribution in [0.5, 0.6) is 0 Å². The van der Waals surface area contributed by atoms with Crippen LogP contribution in [0.4, 0.5) is 13.2 Å². The van der Waals surface area contributed by atoms with Gasteiger partial charge in [0.25, 0.3) is 5.91 Å². The van der Waals surface area contributed by atoms with E-state index in [0.29, 0.717) is 0 Å². The average molecular weight is 290 g/mol. The standard InChI is InChI=1S/C11H7ClF3N3O/c12-7-2-1-5(3-6(7)11(13,14)15)8-4-9(10(16)19)18-17-8/h1-4H,(H2,16,19)(H,17,18). The molecule has 1 aromatic heterocycles. The highest BCUT2D eigenvalue weighted by molar-refractivity contribution is 6.31. The van der Waals surface area contributed by atoms with Crippen molar-refractivity contribution in [1.29, 1.82) is 0 Å². The molecule has 3 N–H and O–H groups in total. The van der Waals surface area contributed by atoms with Crippen molar-refractivity contribution in [1.82, 2.24) is 10.2 Å². The third-order valence-corrected chi connectivity index (χ3v) is 2.74. The third kappa shape index (κ3) is 2.70. The number of aromatic nitrogens is 2. The van der Waals surface area contributed by atoms with Gasteiger partial charge in [-0.1, -0.05) is 17.7 Å². The number of carbonyl (C=O) groups is 1. The van der Waals surface area contributed by atoms with Crippen molar-refractivity contribution in [2.75, 3.05) is 0 Å². The molecule has 0 aliphatic rings. The molecule has 0 aliphatic heterocycles. The third-order valence-electron chi connectivity index (χ3n) is 2.41. The predicted molar refractivity (Wildman–Crippen MR) is 62.6 cm³/mol. The Hall–Kier alpha value is -2.02. The second-order valence-corrected chi connectivity index (χ2v) is 4.13. The van der Waals surface area contributed by atoms with E-state index in [1.807, 2.05) is 0 Å². The first kappa shape index (κ1) is 13.4. The summed E-state index contributed by atoms with van der Waals surface area (Å²) in [5.74, 6) is -0.747. The van der Waals surface area contributed by atoms with Gasteiger partial charge in [0.2, 0.25) is 0 Å². The van der Waals surface area contributed by atoms with Crippen LogP contribution in [0, 0.1) is 0 Å². The van der Waals surface area contributed by atoms with Gasteiger partial charge in [0.15, 0.2) is 0 Å². The van der Waals surface area contributed by atoms with Crippen molar-refractivity contribution in [3.8, 4) is 11.3 Å². The smallest absolute Gasteiger partial charge is 0.364 e. The SMILES string of the molecule is NC(=O)c1cc(-c2ccc(Cl)c(C(F)(F)F)c2)n[nH]1. The summed E-state index contributed by atoms with van der Waals surface area (Å²) < 4.78 is 38.1. The van der Waals surface area contributed by atoms with Crippen molar-refractivity contribution >= 4 is 17.5 Å². The van der Waals surface area contributed by atoms with Gasteiger partial charge in [0, 0.05) is 5.56 Å². The van der Waals surface area contributed by atoms with Gasteiger partial charge in [0.05, 0.1) is 16.3 Å². The Labute approximate surface area is 110 Å². The highest BCUT2D eigenvalue weighted by Crippen LogP contribution is 2.36. The lowest BCUT2D eigenvalue weighted by molar-refractivity contribution is -0.137. The van der Waals surface area contributed by atoms with Crippen LogP contribution in [0.3, 0.4) is 0 Å². The fraction of sp³-hybridized carbons (Fsp3) is 0.0909. The highest BCUT2D eigenvalue weighted by atomic mass is 35.5. The lowest BCUT2D eigenvalue weighted by atomic mass is 10.1. The molecule has 0 aliphatic carbocycles. The van der Waals surface area contributed by atoms with Gasteiger partial charge in [-0.3, -0.25) is 9.89 Å². The van der Waals surface area contributed by atoms with Crippen LogP contribution >= 0.6 is 11.6 Å². The minimum atomic E-state index is -4.56. The topological polar surface area (TPSA) is 71.8 Å². The Morgan fingerprint density at radius 1 is 1.32 bits per heavy atom. The number of alkyl halides is 3. The number of nitrogens with zero attached hydrogens (tertiary/aromatic N) is 1. The summed E-state index contributed by atoms with van der Waals surface area (Å²) in [6.07, 6.45) is -4.56. The average Bonchev–Trinajstić information content (AvgIpc) is 2.77. The number of halogens is 4. The number of rotatable bonds is 2. The first-order valence-corrected chi connectivity index (χ1v) is 5.39. The molecular formula is C11H7ClF3N3O. The van der Waals surface area contributed by atoms with Gasteiger partial charge in [0.1, 0.15) is 5.69 Å². The summed E-state index contributed by atoms with van der Waals surface area (Å²) in [7, 11) is 0. The van der Waals surface area contributed by atoms with Crippen molar-refractivity contribution in [2.24, 2.45) is 5.73 Å². The van der Waals surface area contributed by atoms with E-state index in [2.05, 4.69) is 10.2 Å². The summed E-state index contributed by atoms with van der Waals surface area (Å²) >= 11 is 5.50. The highest BCUT2D eigenvalue weighted by Gasteiger charge is 2.33. The zero-order chi connectivity index (χ0) is 14.2. The van der Waals surface area contributed by atoms with E-state index in [1.54, 1.807) is 0 Å². The quantitative estimate of drug-likeness (QED) is 0.892. The Morgan fingerprint density at radius 3 is 2.53 bits per heavy atom. The fourth-order valence-corrected chi connectivity index (χ4v) is 1.72. The van der Waals surface area contributed by atoms with Crippen LogP contribution in [-0.4, -0.2) is 16.1 Å². The number of carbonyl (C=O) groups excluding carboxylic acids is 1. The van der Waals surface area contributed by atoms with Crippen LogP contribution < -0.4 is 5.73 Å². The fourth-order valence-electron chi connectivity index (χ4n) is 1.50. The lowest BCUT2D eigenvalue weighted by Gasteiger charge is -2.09. The number of nitrogens with one attached hydrogen (secondary N) is 1. The molecule has 1 aromatic carbocycles. The number of H-pyrrole nitrogens is 1. The Bertz CT molecular complexity index is 636. The monoisotopic (exact) mass is 289 g/mol. The van der Waals surface area contributed by atoms with E-state index in [9.17, 15) is 18.0 Å². The number of hydrogen-bond donors (Lipinski definition) is 2. The maximum absolute atomic E-state index is 12.7. The predicted octanol–water partition coefficient (Wildman–Crippen LogP) is 2.85. The second-order valence-electron chi connectivity index (χ2n) is 3.72. The second kappa shape index (κ2) is 4.58. The van der Waals surface area contributed by atoms with E-state index < -0.39 is 22.7 Å². The Morgan fingerprint density at radius 2 is 2.00 bits per heavy atom. The Balaban J connectivity index is 2.48. The maximum Gasteiger partial charge on any atom is 0.417 e. The molecule has 2 rings (SSSR count). The number of nitrogens with two attached hydrogens (primary N) is 1. The van der Waals surface area contributed by atoms with Gasteiger partial charge in [-0.25, -0.2) is 0 Å². The number of amides is 1. The van der Waals surface area contributed by atoms with Gasteiger partial charge in [-0.05, 0) is 18.2 Å². The molecule has 1 amide bonds. The number of primary amides is 1. The maximum atomic E-state index is 12.7. The molecule has 0 saturated carbocycles. The molecule has 0 bridgehead atoms. The van der Waals surface area contributed by atoms with E-state index in [-0.39, 0.29) is 17.0 Å². The van der Waals surface area contributed by atoms with E-state index in [1.165, 1.54) is 12.1 Å². The zero-order valence-electron chi connectivity index (χ0n) is 9.25. The molecule has 100 valence electrons. The van der Waals surface area contributed by atoms with Gasteiger partial charge in [-0.2, -0.15) is 18.3 Å². The molecule has 1 heterocycles. The van der Waals surface area contributed by atoms with Crippen LogP contribution in [0.15, 0.2) is 24.3 Å². The molecule has 19 heavy (non-hydrogen) atoms. The summed E-state index contributed by atoms with van der Waals surface area (Å²) in [6.45, 7) is 0. The number of aromatic amines is 1. The number of hydrogen-bond acceptors (Lipinski definition) is 2. The Kier molecular flexibility index (Phi) is 3.23. The normalized spacial score (nSPS) is 11.6. The number of benzene rings is 1. The lowest BCUT2D eigenvalue weighted by Crippen LogP contribution is -2.10. The molecule has 0 saturated heterocycles. The zero-order valence-corrected chi connectivity index (χ0v) is 10.0. The first-order chi connectivity index (χ1) is 8.79. The molecule has 0 radical (unpaired) electrons. The summed E-state index contributed by atoms with van der Waals surface area (Å²) in [5, 5.41) is 5.66. The van der Waals surface area contributed by atoms with Crippen LogP contribution in [0.25, 0.3) is 11.3 Å². The van der Waals surface area contributed by atoms with E-state index >= 15 is 0 Å². The van der Waals surface area contributed by atoms with Crippen molar-refractivity contribution in [3.63, 3.8) is 0 Å². The summed E-state index contributed by atoms with van der Waals surface area (Å²) in [4.78, 5) is 10.9. The molecule has 0 unspecified atom stereocenters. The van der Waals surface area contributed by atoms with E-state index in [4.69, 9.17) is 17.3 Å². The summed E-state index contributed by atoms with van der Waals surface area (Å²) in [6, 6.07) is 4.63. The van der Waals surface area contributed by atoms with Gasteiger partial charge >= 0.3 is 6.18 Å². The molecular weight excluding hydrogens is 283 g/mol. The van der Waals surface area contributed by atoms with E-state index in [0.717, 1.165) is 12.1 Å². The molecule has 0 spiro atoms. The van der Waals surface area contributed by atoms with Crippen molar-refractivity contribution in [2.45, 2.75) is 6.18 Å². The van der Waals surface area contributed by atoms with Crippen LogP contribution in [-0.2, 0) is 6.18 Å².